The molecule has 0 aliphatic heterocycles. The summed E-state index contributed by atoms with van der Waals surface area (Å²) in [5.41, 5.74) is 0. The molecule has 110 valence electrons. The van der Waals surface area contributed by atoms with Gasteiger partial charge in [-0.15, -0.1) is 13.2 Å². The van der Waals surface area contributed by atoms with Gasteiger partial charge < -0.3 is 4.74 Å². The number of ether oxygens (including phenoxy) is 1. The number of rotatable bonds is 13. The molecule has 0 bridgehead atoms. The second-order valence-corrected chi connectivity index (χ2v) is 5.12. The Labute approximate surface area is 118 Å². The summed E-state index contributed by atoms with van der Waals surface area (Å²) in [5, 5.41) is 0. The van der Waals surface area contributed by atoms with Crippen molar-refractivity contribution in [3.63, 3.8) is 0 Å². The molecule has 0 fully saturated rings. The van der Waals surface area contributed by atoms with Crippen LogP contribution in [0.15, 0.2) is 25.3 Å². The molecule has 2 nitrogen and oxygen atoms in total. The van der Waals surface area contributed by atoms with Crippen molar-refractivity contribution in [2.24, 2.45) is 0 Å². The van der Waals surface area contributed by atoms with Crippen LogP contribution >= 0.6 is 0 Å². The second-order valence-electron chi connectivity index (χ2n) is 5.12. The summed E-state index contributed by atoms with van der Waals surface area (Å²) < 4.78 is 5.31. The molecule has 0 radical (unpaired) electrons. The summed E-state index contributed by atoms with van der Waals surface area (Å²) in [5.74, 6) is -0.0526. The predicted molar refractivity (Wildman–Crippen MR) is 82.1 cm³/mol. The van der Waals surface area contributed by atoms with Crippen molar-refractivity contribution in [2.75, 3.05) is 0 Å². The van der Waals surface area contributed by atoms with Gasteiger partial charge in [-0.25, -0.2) is 0 Å². The van der Waals surface area contributed by atoms with Gasteiger partial charge in [0.05, 0.1) is 6.10 Å². The first-order chi connectivity index (χ1) is 9.20. The summed E-state index contributed by atoms with van der Waals surface area (Å²) in [7, 11) is 0. The lowest BCUT2D eigenvalue weighted by Gasteiger charge is -2.11. The zero-order valence-corrected chi connectivity index (χ0v) is 12.5. The summed E-state index contributed by atoms with van der Waals surface area (Å²) in [6.07, 6.45) is 14.4. The van der Waals surface area contributed by atoms with Crippen LogP contribution in [0, 0.1) is 0 Å². The van der Waals surface area contributed by atoms with Gasteiger partial charge in [-0.1, -0.05) is 37.8 Å². The third-order valence-corrected chi connectivity index (χ3v) is 3.15. The van der Waals surface area contributed by atoms with E-state index in [1.165, 1.54) is 25.7 Å². The molecule has 0 spiro atoms. The molecule has 0 N–H and O–H groups in total. The molecule has 0 heterocycles. The Morgan fingerprint density at radius 2 is 1.58 bits per heavy atom. The van der Waals surface area contributed by atoms with E-state index in [1.54, 1.807) is 0 Å². The van der Waals surface area contributed by atoms with Gasteiger partial charge in [0.1, 0.15) is 0 Å². The standard InChI is InChI=1S/C17H30O2/c1-4-6-8-9-10-11-12-13-15-17(18)19-16(3)14-7-5-2/h4-5,16H,1-2,6-15H2,3H3. The lowest BCUT2D eigenvalue weighted by Crippen LogP contribution is -2.14. The van der Waals surface area contributed by atoms with Crippen LogP contribution in [0.1, 0.15) is 71.1 Å². The largest absolute Gasteiger partial charge is 0.463 e. The van der Waals surface area contributed by atoms with E-state index >= 15 is 0 Å². The van der Waals surface area contributed by atoms with Gasteiger partial charge in [0.25, 0.3) is 0 Å². The Hall–Kier alpha value is -1.05. The summed E-state index contributed by atoms with van der Waals surface area (Å²) in [6.45, 7) is 9.32. The van der Waals surface area contributed by atoms with E-state index in [9.17, 15) is 4.79 Å². The molecule has 0 rings (SSSR count). The van der Waals surface area contributed by atoms with Crippen molar-refractivity contribution in [2.45, 2.75) is 77.2 Å². The van der Waals surface area contributed by atoms with Crippen molar-refractivity contribution >= 4 is 5.97 Å². The number of unbranched alkanes of at least 4 members (excludes halogenated alkanes) is 6. The lowest BCUT2D eigenvalue weighted by molar-refractivity contribution is -0.148. The van der Waals surface area contributed by atoms with Crippen LogP contribution in [0.5, 0.6) is 0 Å². The molecule has 0 aliphatic rings. The summed E-state index contributed by atoms with van der Waals surface area (Å²) in [6, 6.07) is 0. The number of allylic oxidation sites excluding steroid dienone is 2. The smallest absolute Gasteiger partial charge is 0.306 e. The number of esters is 1. The minimum Gasteiger partial charge on any atom is -0.463 e. The fourth-order valence-electron chi connectivity index (χ4n) is 1.96. The molecule has 0 amide bonds. The Balaban J connectivity index is 3.33. The SMILES string of the molecule is C=CCCCCCCCCC(=O)OC(C)CCC=C. The zero-order valence-electron chi connectivity index (χ0n) is 12.5. The van der Waals surface area contributed by atoms with Crippen molar-refractivity contribution in [3.8, 4) is 0 Å². The molecule has 2 heteroatoms. The van der Waals surface area contributed by atoms with Crippen LogP contribution in [0.25, 0.3) is 0 Å². The average Bonchev–Trinajstić information content (AvgIpc) is 2.39. The van der Waals surface area contributed by atoms with E-state index in [0.717, 1.165) is 32.1 Å². The van der Waals surface area contributed by atoms with E-state index < -0.39 is 0 Å². The van der Waals surface area contributed by atoms with E-state index in [0.29, 0.717) is 6.42 Å². The fourth-order valence-corrected chi connectivity index (χ4v) is 1.96. The minimum absolute atomic E-state index is 0.0180. The first-order valence-electron chi connectivity index (χ1n) is 7.62. The molecule has 0 aliphatic carbocycles. The monoisotopic (exact) mass is 266 g/mol. The van der Waals surface area contributed by atoms with Crippen LogP contribution in [-0.2, 0) is 9.53 Å². The predicted octanol–water partition coefficient (Wildman–Crippen LogP) is 5.19. The Morgan fingerprint density at radius 1 is 1.00 bits per heavy atom. The number of carbonyl (C=O) groups is 1. The molecule has 0 aromatic heterocycles. The van der Waals surface area contributed by atoms with E-state index in [-0.39, 0.29) is 12.1 Å². The quantitative estimate of drug-likeness (QED) is 0.260. The van der Waals surface area contributed by atoms with E-state index in [1.807, 2.05) is 19.1 Å². The molecule has 19 heavy (non-hydrogen) atoms. The van der Waals surface area contributed by atoms with Crippen molar-refractivity contribution in [1.82, 2.24) is 0 Å². The van der Waals surface area contributed by atoms with Crippen LogP contribution in [-0.4, -0.2) is 12.1 Å². The zero-order chi connectivity index (χ0) is 14.3. The number of carbonyl (C=O) groups excluding carboxylic acids is 1. The third kappa shape index (κ3) is 13.2. The van der Waals surface area contributed by atoms with E-state index in [4.69, 9.17) is 4.74 Å². The maximum atomic E-state index is 11.5. The maximum Gasteiger partial charge on any atom is 0.306 e. The van der Waals surface area contributed by atoms with Crippen LogP contribution in [0.4, 0.5) is 0 Å². The molecule has 0 saturated heterocycles. The van der Waals surface area contributed by atoms with Gasteiger partial charge in [0.2, 0.25) is 0 Å². The molecular weight excluding hydrogens is 236 g/mol. The third-order valence-electron chi connectivity index (χ3n) is 3.15. The molecule has 0 saturated carbocycles. The second kappa shape index (κ2) is 13.4. The van der Waals surface area contributed by atoms with Crippen LogP contribution in [0.2, 0.25) is 0 Å². The highest BCUT2D eigenvalue weighted by Gasteiger charge is 2.08. The highest BCUT2D eigenvalue weighted by atomic mass is 16.5. The fraction of sp³-hybridized carbons (Fsp3) is 0.706. The summed E-state index contributed by atoms with van der Waals surface area (Å²) >= 11 is 0. The molecule has 0 aromatic rings. The van der Waals surface area contributed by atoms with Gasteiger partial charge in [-0.3, -0.25) is 4.79 Å². The van der Waals surface area contributed by atoms with Crippen LogP contribution in [0.3, 0.4) is 0 Å². The van der Waals surface area contributed by atoms with Gasteiger partial charge in [-0.05, 0) is 39.0 Å². The van der Waals surface area contributed by atoms with Gasteiger partial charge in [0.15, 0.2) is 0 Å². The highest BCUT2D eigenvalue weighted by Crippen LogP contribution is 2.10. The topological polar surface area (TPSA) is 26.3 Å². The number of hydrogen-bond acceptors (Lipinski definition) is 2. The first kappa shape index (κ1) is 17.9. The van der Waals surface area contributed by atoms with Gasteiger partial charge in [0, 0.05) is 6.42 Å². The maximum absolute atomic E-state index is 11.5. The van der Waals surface area contributed by atoms with Gasteiger partial charge >= 0.3 is 5.97 Å². The van der Waals surface area contributed by atoms with Crippen molar-refractivity contribution in [3.05, 3.63) is 25.3 Å². The Morgan fingerprint density at radius 3 is 2.21 bits per heavy atom. The molecular formula is C17H30O2. The van der Waals surface area contributed by atoms with Crippen molar-refractivity contribution in [1.29, 1.82) is 0 Å². The van der Waals surface area contributed by atoms with Crippen molar-refractivity contribution < 1.29 is 9.53 Å². The molecule has 1 unspecified atom stereocenters. The number of hydrogen-bond donors (Lipinski definition) is 0. The summed E-state index contributed by atoms with van der Waals surface area (Å²) in [4.78, 5) is 11.5. The average molecular weight is 266 g/mol. The minimum atomic E-state index is -0.0526. The molecule has 1 atom stereocenters. The highest BCUT2D eigenvalue weighted by molar-refractivity contribution is 5.69. The Bertz CT molecular complexity index is 246. The Kier molecular flexibility index (Phi) is 12.6. The molecule has 0 aromatic carbocycles. The van der Waals surface area contributed by atoms with Crippen LogP contribution < -0.4 is 0 Å². The van der Waals surface area contributed by atoms with Gasteiger partial charge in [-0.2, -0.15) is 0 Å². The normalized spacial score (nSPS) is 11.8. The van der Waals surface area contributed by atoms with E-state index in [2.05, 4.69) is 13.2 Å². The lowest BCUT2D eigenvalue weighted by atomic mass is 10.1. The first-order valence-corrected chi connectivity index (χ1v) is 7.62.